The lowest BCUT2D eigenvalue weighted by Crippen LogP contribution is -2.07. The van der Waals surface area contributed by atoms with Crippen LogP contribution in [0.25, 0.3) is 6.08 Å². The van der Waals surface area contributed by atoms with E-state index in [1.165, 1.54) is 23.0 Å². The molecular weight excluding hydrogens is 318 g/mol. The van der Waals surface area contributed by atoms with E-state index in [1.54, 1.807) is 6.08 Å². The maximum absolute atomic E-state index is 11.9. The zero-order chi connectivity index (χ0) is 16.6. The largest absolute Gasteiger partial charge is 0.297 e. The Balaban J connectivity index is 1.52. The van der Waals surface area contributed by atoms with Crippen molar-refractivity contribution < 1.29 is 4.79 Å². The number of aryl methyl sites for hydroxylation is 2. The van der Waals surface area contributed by atoms with E-state index in [1.807, 2.05) is 48.5 Å². The van der Waals surface area contributed by atoms with Crippen molar-refractivity contribution in [2.75, 3.05) is 5.32 Å². The van der Waals surface area contributed by atoms with Gasteiger partial charge in [0.1, 0.15) is 5.01 Å². The van der Waals surface area contributed by atoms with Crippen molar-refractivity contribution in [3.63, 3.8) is 0 Å². The molecular formula is C19H17N3OS. The molecule has 0 radical (unpaired) electrons. The second-order valence-corrected chi connectivity index (χ2v) is 6.28. The Bertz CT molecular complexity index is 813. The highest BCUT2D eigenvalue weighted by Gasteiger charge is 2.06. The fourth-order valence-electron chi connectivity index (χ4n) is 2.18. The summed E-state index contributed by atoms with van der Waals surface area (Å²) in [6, 6.07) is 19.9. The number of hydrogen-bond donors (Lipinski definition) is 1. The Hall–Kier alpha value is -2.79. The Kier molecular flexibility index (Phi) is 5.48. The first-order valence-corrected chi connectivity index (χ1v) is 8.52. The molecule has 0 saturated carbocycles. The van der Waals surface area contributed by atoms with Crippen molar-refractivity contribution in [1.29, 1.82) is 0 Å². The topological polar surface area (TPSA) is 54.9 Å². The number of benzene rings is 2. The average molecular weight is 335 g/mol. The number of anilines is 1. The van der Waals surface area contributed by atoms with Gasteiger partial charge < -0.3 is 0 Å². The monoisotopic (exact) mass is 335 g/mol. The molecule has 24 heavy (non-hydrogen) atoms. The summed E-state index contributed by atoms with van der Waals surface area (Å²) in [4.78, 5) is 11.9. The molecule has 0 aliphatic carbocycles. The van der Waals surface area contributed by atoms with Crippen molar-refractivity contribution in [3.05, 3.63) is 82.9 Å². The predicted molar refractivity (Wildman–Crippen MR) is 97.9 cm³/mol. The normalized spacial score (nSPS) is 10.8. The number of carbonyl (C=O) groups is 1. The highest BCUT2D eigenvalue weighted by molar-refractivity contribution is 7.15. The fraction of sp³-hybridized carbons (Fsp3) is 0.105. The van der Waals surface area contributed by atoms with Crippen LogP contribution >= 0.6 is 11.3 Å². The third-order valence-electron chi connectivity index (χ3n) is 3.39. The van der Waals surface area contributed by atoms with Gasteiger partial charge >= 0.3 is 0 Å². The summed E-state index contributed by atoms with van der Waals surface area (Å²) in [7, 11) is 0. The molecule has 2 aromatic carbocycles. The Morgan fingerprint density at radius 1 is 0.958 bits per heavy atom. The van der Waals surface area contributed by atoms with Crippen LogP contribution in [0.15, 0.2) is 66.7 Å². The Morgan fingerprint density at radius 2 is 1.67 bits per heavy atom. The van der Waals surface area contributed by atoms with E-state index in [2.05, 4.69) is 27.6 Å². The summed E-state index contributed by atoms with van der Waals surface area (Å²) in [5, 5.41) is 12.4. The smallest absolute Gasteiger partial charge is 0.250 e. The van der Waals surface area contributed by atoms with E-state index in [0.29, 0.717) is 5.13 Å². The second-order valence-electron chi connectivity index (χ2n) is 5.22. The lowest BCUT2D eigenvalue weighted by Gasteiger charge is -1.97. The first kappa shape index (κ1) is 16.1. The molecule has 0 aliphatic heterocycles. The van der Waals surface area contributed by atoms with Crippen molar-refractivity contribution in [3.8, 4) is 0 Å². The number of nitrogens with zero attached hydrogens (tertiary/aromatic N) is 2. The number of nitrogens with one attached hydrogen (secondary N) is 1. The molecule has 4 nitrogen and oxygen atoms in total. The Labute approximate surface area is 144 Å². The van der Waals surface area contributed by atoms with Gasteiger partial charge in [0.2, 0.25) is 11.0 Å². The third kappa shape index (κ3) is 4.86. The van der Waals surface area contributed by atoms with Crippen LogP contribution in [0.4, 0.5) is 5.13 Å². The van der Waals surface area contributed by atoms with Crippen LogP contribution in [-0.2, 0) is 17.6 Å². The maximum atomic E-state index is 11.9. The molecule has 1 aromatic heterocycles. The van der Waals surface area contributed by atoms with Gasteiger partial charge in [-0.3, -0.25) is 10.1 Å². The molecule has 0 aliphatic rings. The molecule has 120 valence electrons. The van der Waals surface area contributed by atoms with Crippen molar-refractivity contribution in [1.82, 2.24) is 10.2 Å². The maximum Gasteiger partial charge on any atom is 0.250 e. The molecule has 0 atom stereocenters. The van der Waals surface area contributed by atoms with E-state index >= 15 is 0 Å². The lowest BCUT2D eigenvalue weighted by molar-refractivity contribution is -0.111. The van der Waals surface area contributed by atoms with E-state index in [4.69, 9.17) is 0 Å². The van der Waals surface area contributed by atoms with Gasteiger partial charge in [-0.2, -0.15) is 0 Å². The summed E-state index contributed by atoms with van der Waals surface area (Å²) in [6.45, 7) is 0. The molecule has 1 N–H and O–H groups in total. The van der Waals surface area contributed by atoms with E-state index < -0.39 is 0 Å². The van der Waals surface area contributed by atoms with Gasteiger partial charge in [-0.1, -0.05) is 72.0 Å². The quantitative estimate of drug-likeness (QED) is 0.693. The molecule has 0 saturated heterocycles. The highest BCUT2D eigenvalue weighted by atomic mass is 32.1. The van der Waals surface area contributed by atoms with Gasteiger partial charge in [0.15, 0.2) is 0 Å². The first-order valence-electron chi connectivity index (χ1n) is 7.70. The predicted octanol–water partition coefficient (Wildman–Crippen LogP) is 3.98. The van der Waals surface area contributed by atoms with Crippen molar-refractivity contribution in [2.24, 2.45) is 0 Å². The van der Waals surface area contributed by atoms with Crippen LogP contribution < -0.4 is 5.32 Å². The van der Waals surface area contributed by atoms with Gasteiger partial charge in [-0.15, -0.1) is 10.2 Å². The lowest BCUT2D eigenvalue weighted by atomic mass is 10.1. The van der Waals surface area contributed by atoms with Crippen LogP contribution in [0.1, 0.15) is 16.1 Å². The average Bonchev–Trinajstić information content (AvgIpc) is 3.07. The van der Waals surface area contributed by atoms with Gasteiger partial charge in [0, 0.05) is 12.5 Å². The number of rotatable bonds is 6. The molecule has 1 heterocycles. The summed E-state index contributed by atoms with van der Waals surface area (Å²) in [6.07, 6.45) is 5.00. The standard InChI is InChI=1S/C19H17N3OS/c23-17(13-11-15-7-3-1-4-8-15)20-19-22-21-18(24-19)14-12-16-9-5-2-6-10-16/h1-11,13H,12,14H2,(H,20,22,23). The van der Waals surface area contributed by atoms with Crippen LogP contribution in [0, 0.1) is 0 Å². The molecule has 1 amide bonds. The van der Waals surface area contributed by atoms with Crippen LogP contribution in [-0.4, -0.2) is 16.1 Å². The summed E-state index contributed by atoms with van der Waals surface area (Å²) in [5.74, 6) is -0.204. The summed E-state index contributed by atoms with van der Waals surface area (Å²) in [5.41, 5.74) is 2.25. The van der Waals surface area contributed by atoms with Crippen LogP contribution in [0.3, 0.4) is 0 Å². The van der Waals surface area contributed by atoms with Gasteiger partial charge in [-0.05, 0) is 23.6 Å². The van der Waals surface area contributed by atoms with Crippen molar-refractivity contribution >= 4 is 28.5 Å². The molecule has 3 aromatic rings. The molecule has 0 fully saturated rings. The SMILES string of the molecule is O=C(C=Cc1ccccc1)Nc1nnc(CCc2ccccc2)s1. The van der Waals surface area contributed by atoms with Crippen LogP contribution in [0.2, 0.25) is 0 Å². The molecule has 0 unspecified atom stereocenters. The minimum absolute atomic E-state index is 0.204. The van der Waals surface area contributed by atoms with Crippen molar-refractivity contribution in [2.45, 2.75) is 12.8 Å². The third-order valence-corrected chi connectivity index (χ3v) is 4.29. The minimum atomic E-state index is -0.204. The highest BCUT2D eigenvalue weighted by Crippen LogP contribution is 2.17. The number of hydrogen-bond acceptors (Lipinski definition) is 4. The van der Waals surface area contributed by atoms with Gasteiger partial charge in [0.25, 0.3) is 0 Å². The summed E-state index contributed by atoms with van der Waals surface area (Å²) >= 11 is 1.41. The van der Waals surface area contributed by atoms with E-state index in [-0.39, 0.29) is 5.91 Å². The minimum Gasteiger partial charge on any atom is -0.297 e. The fourth-order valence-corrected chi connectivity index (χ4v) is 2.93. The summed E-state index contributed by atoms with van der Waals surface area (Å²) < 4.78 is 0. The van der Waals surface area contributed by atoms with E-state index in [9.17, 15) is 4.79 Å². The van der Waals surface area contributed by atoms with Crippen LogP contribution in [0.5, 0.6) is 0 Å². The first-order chi connectivity index (χ1) is 11.8. The molecule has 3 rings (SSSR count). The molecule has 5 heteroatoms. The molecule has 0 bridgehead atoms. The zero-order valence-corrected chi connectivity index (χ0v) is 13.9. The number of aromatic nitrogens is 2. The Morgan fingerprint density at radius 3 is 2.42 bits per heavy atom. The molecule has 0 spiro atoms. The second kappa shape index (κ2) is 8.17. The van der Waals surface area contributed by atoms with Gasteiger partial charge in [-0.25, -0.2) is 0 Å². The number of carbonyl (C=O) groups excluding carboxylic acids is 1. The van der Waals surface area contributed by atoms with E-state index in [0.717, 1.165) is 23.4 Å². The number of amides is 1. The zero-order valence-electron chi connectivity index (χ0n) is 13.1. The van der Waals surface area contributed by atoms with Gasteiger partial charge in [0.05, 0.1) is 0 Å².